The molecule has 0 bridgehead atoms. The second kappa shape index (κ2) is 4.59. The molecule has 0 aliphatic carbocycles. The molecule has 1 heterocycles. The van der Waals surface area contributed by atoms with Crippen molar-refractivity contribution in [3.63, 3.8) is 0 Å². The van der Waals surface area contributed by atoms with Crippen LogP contribution in [0.2, 0.25) is 0 Å². The quantitative estimate of drug-likeness (QED) is 0.867. The van der Waals surface area contributed by atoms with Crippen molar-refractivity contribution < 1.29 is 8.78 Å². The van der Waals surface area contributed by atoms with Gasteiger partial charge in [-0.05, 0) is 30.7 Å². The van der Waals surface area contributed by atoms with E-state index in [0.29, 0.717) is 0 Å². The summed E-state index contributed by atoms with van der Waals surface area (Å²) in [6.45, 7) is 1.82. The molecule has 4 heteroatoms. The van der Waals surface area contributed by atoms with Gasteiger partial charge in [-0.15, -0.1) is 0 Å². The molecule has 1 aromatic heterocycles. The van der Waals surface area contributed by atoms with Crippen LogP contribution < -0.4 is 5.73 Å². The van der Waals surface area contributed by atoms with Gasteiger partial charge in [0.1, 0.15) is 11.6 Å². The van der Waals surface area contributed by atoms with E-state index in [0.717, 1.165) is 5.56 Å². The SMILES string of the molecule is C[C@H](N)c1ccc(-c2c(F)cccc2F)nc1. The molecule has 2 N–H and O–H groups in total. The van der Waals surface area contributed by atoms with Crippen molar-refractivity contribution in [3.05, 3.63) is 53.7 Å². The van der Waals surface area contributed by atoms with Crippen molar-refractivity contribution in [2.24, 2.45) is 5.73 Å². The lowest BCUT2D eigenvalue weighted by Crippen LogP contribution is -2.05. The highest BCUT2D eigenvalue weighted by Crippen LogP contribution is 2.24. The molecule has 2 nitrogen and oxygen atoms in total. The maximum Gasteiger partial charge on any atom is 0.135 e. The van der Waals surface area contributed by atoms with E-state index < -0.39 is 11.6 Å². The number of hydrogen-bond acceptors (Lipinski definition) is 2. The van der Waals surface area contributed by atoms with Crippen LogP contribution in [0.5, 0.6) is 0 Å². The van der Waals surface area contributed by atoms with Gasteiger partial charge in [0.2, 0.25) is 0 Å². The van der Waals surface area contributed by atoms with Gasteiger partial charge in [-0.1, -0.05) is 12.1 Å². The lowest BCUT2D eigenvalue weighted by molar-refractivity contribution is 0.588. The first-order valence-electron chi connectivity index (χ1n) is 5.25. The van der Waals surface area contributed by atoms with Crippen LogP contribution in [0.15, 0.2) is 36.5 Å². The maximum absolute atomic E-state index is 13.5. The second-order valence-corrected chi connectivity index (χ2v) is 3.86. The molecular weight excluding hydrogens is 222 g/mol. The summed E-state index contributed by atoms with van der Waals surface area (Å²) in [5.74, 6) is -1.24. The number of pyridine rings is 1. The smallest absolute Gasteiger partial charge is 0.135 e. The van der Waals surface area contributed by atoms with Crippen molar-refractivity contribution in [2.45, 2.75) is 13.0 Å². The fourth-order valence-electron chi connectivity index (χ4n) is 1.57. The van der Waals surface area contributed by atoms with Gasteiger partial charge in [0.05, 0.1) is 11.3 Å². The highest BCUT2D eigenvalue weighted by molar-refractivity contribution is 5.60. The van der Waals surface area contributed by atoms with Gasteiger partial charge >= 0.3 is 0 Å². The number of nitrogens with zero attached hydrogens (tertiary/aromatic N) is 1. The van der Waals surface area contributed by atoms with E-state index in [1.165, 1.54) is 24.4 Å². The van der Waals surface area contributed by atoms with Crippen molar-refractivity contribution in [1.29, 1.82) is 0 Å². The molecule has 2 rings (SSSR count). The van der Waals surface area contributed by atoms with Crippen LogP contribution in [0.25, 0.3) is 11.3 Å². The fraction of sp³-hybridized carbons (Fsp3) is 0.154. The molecule has 2 aromatic rings. The molecule has 0 fully saturated rings. The van der Waals surface area contributed by atoms with Crippen molar-refractivity contribution in [1.82, 2.24) is 4.98 Å². The third-order valence-electron chi connectivity index (χ3n) is 2.53. The molecule has 0 saturated heterocycles. The highest BCUT2D eigenvalue weighted by atomic mass is 19.1. The summed E-state index contributed by atoms with van der Waals surface area (Å²) in [7, 11) is 0. The Morgan fingerprint density at radius 1 is 1.12 bits per heavy atom. The van der Waals surface area contributed by atoms with Gasteiger partial charge in [0.15, 0.2) is 0 Å². The summed E-state index contributed by atoms with van der Waals surface area (Å²) in [5.41, 5.74) is 6.66. The lowest BCUT2D eigenvalue weighted by Gasteiger charge is -2.07. The Labute approximate surface area is 98.1 Å². The first kappa shape index (κ1) is 11.7. The van der Waals surface area contributed by atoms with Gasteiger partial charge in [-0.2, -0.15) is 0 Å². The average molecular weight is 234 g/mol. The van der Waals surface area contributed by atoms with Crippen LogP contribution in [-0.2, 0) is 0 Å². The largest absolute Gasteiger partial charge is 0.324 e. The monoisotopic (exact) mass is 234 g/mol. The summed E-state index contributed by atoms with van der Waals surface area (Å²) in [5, 5.41) is 0. The predicted octanol–water partition coefficient (Wildman–Crippen LogP) is 3.05. The van der Waals surface area contributed by atoms with Gasteiger partial charge in [-0.25, -0.2) is 8.78 Å². The number of halogens is 2. The third-order valence-corrected chi connectivity index (χ3v) is 2.53. The Hall–Kier alpha value is -1.81. The Kier molecular flexibility index (Phi) is 3.15. The number of nitrogens with two attached hydrogens (primary N) is 1. The number of rotatable bonds is 2. The third kappa shape index (κ3) is 2.31. The Balaban J connectivity index is 2.47. The van der Waals surface area contributed by atoms with Gasteiger partial charge in [-0.3, -0.25) is 4.98 Å². The first-order chi connectivity index (χ1) is 8.09. The zero-order valence-corrected chi connectivity index (χ0v) is 9.32. The number of hydrogen-bond donors (Lipinski definition) is 1. The first-order valence-corrected chi connectivity index (χ1v) is 5.25. The Bertz CT molecular complexity index is 501. The normalized spacial score (nSPS) is 12.5. The standard InChI is InChI=1S/C13H12F2N2/c1-8(16)9-5-6-12(17-7-9)13-10(14)3-2-4-11(13)15/h2-8H,16H2,1H3/t8-/m0/s1. The van der Waals surface area contributed by atoms with Gasteiger partial charge in [0.25, 0.3) is 0 Å². The topological polar surface area (TPSA) is 38.9 Å². The summed E-state index contributed by atoms with van der Waals surface area (Å²) in [6.07, 6.45) is 1.53. The molecule has 0 spiro atoms. The van der Waals surface area contributed by atoms with Gasteiger partial charge in [0, 0.05) is 12.2 Å². The zero-order valence-electron chi connectivity index (χ0n) is 9.32. The molecule has 1 atom stereocenters. The molecule has 0 radical (unpaired) electrons. The molecule has 1 aromatic carbocycles. The van der Waals surface area contributed by atoms with Gasteiger partial charge < -0.3 is 5.73 Å². The minimum Gasteiger partial charge on any atom is -0.324 e. The van der Waals surface area contributed by atoms with Crippen LogP contribution in [0.1, 0.15) is 18.5 Å². The highest BCUT2D eigenvalue weighted by Gasteiger charge is 2.12. The average Bonchev–Trinajstić information content (AvgIpc) is 2.29. The molecule has 0 saturated carbocycles. The van der Waals surface area contributed by atoms with Crippen LogP contribution >= 0.6 is 0 Å². The van der Waals surface area contributed by atoms with Crippen LogP contribution in [0.3, 0.4) is 0 Å². The van der Waals surface area contributed by atoms with Crippen molar-refractivity contribution in [2.75, 3.05) is 0 Å². The van der Waals surface area contributed by atoms with E-state index in [1.54, 1.807) is 12.1 Å². The van der Waals surface area contributed by atoms with Crippen molar-refractivity contribution >= 4 is 0 Å². The molecule has 17 heavy (non-hydrogen) atoms. The fourth-order valence-corrected chi connectivity index (χ4v) is 1.57. The number of aromatic nitrogens is 1. The zero-order chi connectivity index (χ0) is 12.4. The van der Waals surface area contributed by atoms with E-state index in [-0.39, 0.29) is 17.3 Å². The van der Waals surface area contributed by atoms with E-state index in [9.17, 15) is 8.78 Å². The Morgan fingerprint density at radius 2 is 1.76 bits per heavy atom. The molecule has 0 aliphatic rings. The lowest BCUT2D eigenvalue weighted by atomic mass is 10.1. The van der Waals surface area contributed by atoms with E-state index in [1.807, 2.05) is 6.92 Å². The minimum absolute atomic E-state index is 0.108. The Morgan fingerprint density at radius 3 is 2.24 bits per heavy atom. The van der Waals surface area contributed by atoms with Crippen molar-refractivity contribution in [3.8, 4) is 11.3 Å². The van der Waals surface area contributed by atoms with E-state index in [2.05, 4.69) is 4.98 Å². The molecular formula is C13H12F2N2. The summed E-state index contributed by atoms with van der Waals surface area (Å²) < 4.78 is 27.0. The van der Waals surface area contributed by atoms with E-state index >= 15 is 0 Å². The number of benzene rings is 1. The molecule has 88 valence electrons. The second-order valence-electron chi connectivity index (χ2n) is 3.86. The summed E-state index contributed by atoms with van der Waals surface area (Å²) >= 11 is 0. The maximum atomic E-state index is 13.5. The van der Waals surface area contributed by atoms with Crippen LogP contribution in [0, 0.1) is 11.6 Å². The van der Waals surface area contributed by atoms with E-state index in [4.69, 9.17) is 5.73 Å². The van der Waals surface area contributed by atoms with Crippen LogP contribution in [0.4, 0.5) is 8.78 Å². The minimum atomic E-state index is -0.619. The molecule has 0 unspecified atom stereocenters. The summed E-state index contributed by atoms with van der Waals surface area (Å²) in [6, 6.07) is 6.88. The summed E-state index contributed by atoms with van der Waals surface area (Å²) in [4.78, 5) is 4.03. The molecule has 0 aliphatic heterocycles. The predicted molar refractivity (Wildman–Crippen MR) is 62.2 cm³/mol. The van der Waals surface area contributed by atoms with Crippen LogP contribution in [-0.4, -0.2) is 4.98 Å². The molecule has 0 amide bonds.